The van der Waals surface area contributed by atoms with Crippen LogP contribution >= 0.6 is 0 Å². The topological polar surface area (TPSA) is 80.3 Å². The molecule has 142 valence electrons. The molecule has 1 aromatic heterocycles. The van der Waals surface area contributed by atoms with Crippen LogP contribution in [0.3, 0.4) is 0 Å². The summed E-state index contributed by atoms with van der Waals surface area (Å²) in [7, 11) is 1.51. The molecule has 0 spiro atoms. The van der Waals surface area contributed by atoms with Crippen LogP contribution < -0.4 is 15.4 Å². The van der Waals surface area contributed by atoms with Gasteiger partial charge in [0.1, 0.15) is 23.0 Å². The van der Waals surface area contributed by atoms with Gasteiger partial charge in [0.25, 0.3) is 11.8 Å². The van der Waals surface area contributed by atoms with E-state index in [1.807, 2.05) is 0 Å². The van der Waals surface area contributed by atoms with Crippen LogP contribution in [0, 0.1) is 5.82 Å². The first kappa shape index (κ1) is 19.0. The zero-order valence-electron chi connectivity index (χ0n) is 15.1. The summed E-state index contributed by atoms with van der Waals surface area (Å²) in [5.74, 6) is -0.719. The van der Waals surface area contributed by atoms with Crippen molar-refractivity contribution in [1.29, 1.82) is 0 Å². The van der Waals surface area contributed by atoms with E-state index >= 15 is 0 Å². The van der Waals surface area contributed by atoms with Crippen molar-refractivity contribution in [1.82, 2.24) is 10.3 Å². The Morgan fingerprint density at radius 3 is 2.32 bits per heavy atom. The number of aromatic nitrogens is 1. The van der Waals surface area contributed by atoms with Crippen molar-refractivity contribution in [3.05, 3.63) is 89.5 Å². The maximum Gasteiger partial charge on any atom is 0.274 e. The van der Waals surface area contributed by atoms with Crippen LogP contribution in [0.1, 0.15) is 26.5 Å². The normalized spacial score (nSPS) is 10.2. The SMILES string of the molecule is COc1ccccc1NC(=O)c1cccc(C(=O)NCc2ccc(F)cc2)n1. The Balaban J connectivity index is 1.68. The lowest BCUT2D eigenvalue weighted by atomic mass is 10.2. The van der Waals surface area contributed by atoms with E-state index in [0.29, 0.717) is 11.4 Å². The summed E-state index contributed by atoms with van der Waals surface area (Å²) in [6, 6.07) is 17.4. The number of benzene rings is 2. The largest absolute Gasteiger partial charge is 0.495 e. The number of amides is 2. The molecule has 0 atom stereocenters. The highest BCUT2D eigenvalue weighted by Crippen LogP contribution is 2.23. The van der Waals surface area contributed by atoms with Gasteiger partial charge in [0.15, 0.2) is 0 Å². The molecule has 0 saturated carbocycles. The number of ether oxygens (including phenoxy) is 1. The molecule has 0 unspecified atom stereocenters. The lowest BCUT2D eigenvalue weighted by Gasteiger charge is -2.10. The monoisotopic (exact) mass is 379 g/mol. The molecular weight excluding hydrogens is 361 g/mol. The second-order valence-corrected chi connectivity index (χ2v) is 5.87. The zero-order chi connectivity index (χ0) is 19.9. The number of pyridine rings is 1. The fourth-order valence-electron chi connectivity index (χ4n) is 2.50. The van der Waals surface area contributed by atoms with Crippen molar-refractivity contribution in [2.45, 2.75) is 6.54 Å². The van der Waals surface area contributed by atoms with Crippen molar-refractivity contribution in [3.8, 4) is 5.75 Å². The molecule has 0 bridgehead atoms. The molecule has 2 aromatic carbocycles. The number of hydrogen-bond acceptors (Lipinski definition) is 4. The first-order chi connectivity index (χ1) is 13.6. The summed E-state index contributed by atoms with van der Waals surface area (Å²) in [5.41, 5.74) is 1.46. The third-order valence-corrected chi connectivity index (χ3v) is 3.94. The molecule has 2 amide bonds. The number of halogens is 1. The molecule has 0 fully saturated rings. The average molecular weight is 379 g/mol. The molecule has 2 N–H and O–H groups in total. The molecule has 0 aliphatic heterocycles. The second kappa shape index (κ2) is 8.77. The number of methoxy groups -OCH3 is 1. The Morgan fingerprint density at radius 2 is 1.61 bits per heavy atom. The number of nitrogens with one attached hydrogen (secondary N) is 2. The summed E-state index contributed by atoms with van der Waals surface area (Å²) in [6.45, 7) is 0.221. The van der Waals surface area contributed by atoms with E-state index in [1.165, 1.54) is 31.4 Å². The lowest BCUT2D eigenvalue weighted by molar-refractivity contribution is 0.0945. The molecule has 0 saturated heterocycles. The molecule has 0 radical (unpaired) electrons. The molecule has 3 rings (SSSR count). The van der Waals surface area contributed by atoms with Gasteiger partial charge in [-0.05, 0) is 42.0 Å². The number of anilines is 1. The van der Waals surface area contributed by atoms with Crippen LogP contribution in [0.15, 0.2) is 66.7 Å². The Kier molecular flexibility index (Phi) is 5.96. The van der Waals surface area contributed by atoms with Crippen molar-refractivity contribution >= 4 is 17.5 Å². The van der Waals surface area contributed by atoms with Crippen LogP contribution in [-0.2, 0) is 6.54 Å². The minimum atomic E-state index is -0.460. The summed E-state index contributed by atoms with van der Waals surface area (Å²) < 4.78 is 18.1. The fourth-order valence-corrected chi connectivity index (χ4v) is 2.50. The van der Waals surface area contributed by atoms with Gasteiger partial charge in [-0.25, -0.2) is 9.37 Å². The molecule has 1 heterocycles. The van der Waals surface area contributed by atoms with E-state index in [1.54, 1.807) is 42.5 Å². The lowest BCUT2D eigenvalue weighted by Crippen LogP contribution is -2.25. The highest BCUT2D eigenvalue weighted by atomic mass is 19.1. The first-order valence-corrected chi connectivity index (χ1v) is 8.51. The standard InChI is InChI=1S/C21H18FN3O3/c1-28-19-8-3-2-5-16(19)25-21(27)18-7-4-6-17(24-18)20(26)23-13-14-9-11-15(22)12-10-14/h2-12H,13H2,1H3,(H,23,26)(H,25,27). The molecule has 3 aromatic rings. The van der Waals surface area contributed by atoms with Crippen molar-refractivity contribution in [2.24, 2.45) is 0 Å². The average Bonchev–Trinajstić information content (AvgIpc) is 2.73. The maximum absolute atomic E-state index is 12.9. The van der Waals surface area contributed by atoms with Gasteiger partial charge in [0.05, 0.1) is 12.8 Å². The van der Waals surface area contributed by atoms with E-state index in [9.17, 15) is 14.0 Å². The quantitative estimate of drug-likeness (QED) is 0.688. The van der Waals surface area contributed by atoms with Crippen molar-refractivity contribution in [3.63, 3.8) is 0 Å². The minimum absolute atomic E-state index is 0.0975. The van der Waals surface area contributed by atoms with E-state index < -0.39 is 11.8 Å². The van der Waals surface area contributed by atoms with Crippen LogP contribution in [-0.4, -0.2) is 23.9 Å². The number of carbonyl (C=O) groups excluding carboxylic acids is 2. The highest BCUT2D eigenvalue weighted by molar-refractivity contribution is 6.04. The van der Waals surface area contributed by atoms with Crippen LogP contribution in [0.25, 0.3) is 0 Å². The summed E-state index contributed by atoms with van der Waals surface area (Å²) >= 11 is 0. The van der Waals surface area contributed by atoms with Crippen molar-refractivity contribution < 1.29 is 18.7 Å². The van der Waals surface area contributed by atoms with E-state index in [4.69, 9.17) is 4.74 Å². The first-order valence-electron chi connectivity index (χ1n) is 8.51. The number of carbonyl (C=O) groups is 2. The van der Waals surface area contributed by atoms with Gasteiger partial charge in [0.2, 0.25) is 0 Å². The van der Waals surface area contributed by atoms with Gasteiger partial charge in [-0.15, -0.1) is 0 Å². The predicted octanol–water partition coefficient (Wildman–Crippen LogP) is 3.41. The van der Waals surface area contributed by atoms with Gasteiger partial charge in [-0.1, -0.05) is 30.3 Å². The van der Waals surface area contributed by atoms with E-state index in [2.05, 4.69) is 15.6 Å². The van der Waals surface area contributed by atoms with Gasteiger partial charge in [-0.2, -0.15) is 0 Å². The molecule has 28 heavy (non-hydrogen) atoms. The van der Waals surface area contributed by atoms with Gasteiger partial charge < -0.3 is 15.4 Å². The van der Waals surface area contributed by atoms with Gasteiger partial charge in [0, 0.05) is 6.54 Å². The summed E-state index contributed by atoms with van der Waals surface area (Å²) in [4.78, 5) is 28.9. The Morgan fingerprint density at radius 1 is 0.929 bits per heavy atom. The molecule has 0 aliphatic carbocycles. The Bertz CT molecular complexity index is 990. The number of nitrogens with zero attached hydrogens (tertiary/aromatic N) is 1. The molecule has 6 nitrogen and oxygen atoms in total. The van der Waals surface area contributed by atoms with E-state index in [-0.39, 0.29) is 23.7 Å². The smallest absolute Gasteiger partial charge is 0.274 e. The highest BCUT2D eigenvalue weighted by Gasteiger charge is 2.14. The van der Waals surface area contributed by atoms with Gasteiger partial charge in [-0.3, -0.25) is 9.59 Å². The molecule has 7 heteroatoms. The maximum atomic E-state index is 12.9. The van der Waals surface area contributed by atoms with Gasteiger partial charge >= 0.3 is 0 Å². The predicted molar refractivity (Wildman–Crippen MR) is 103 cm³/mol. The van der Waals surface area contributed by atoms with E-state index in [0.717, 1.165) is 5.56 Å². The number of hydrogen-bond donors (Lipinski definition) is 2. The Hall–Kier alpha value is -3.74. The fraction of sp³-hybridized carbons (Fsp3) is 0.0952. The van der Waals surface area contributed by atoms with Crippen LogP contribution in [0.2, 0.25) is 0 Å². The minimum Gasteiger partial charge on any atom is -0.495 e. The van der Waals surface area contributed by atoms with Crippen LogP contribution in [0.4, 0.5) is 10.1 Å². The second-order valence-electron chi connectivity index (χ2n) is 5.87. The molecular formula is C21H18FN3O3. The van der Waals surface area contributed by atoms with Crippen LogP contribution in [0.5, 0.6) is 5.75 Å². The summed E-state index contributed by atoms with van der Waals surface area (Å²) in [5, 5.41) is 5.41. The third kappa shape index (κ3) is 4.70. The number of para-hydroxylation sites is 2. The zero-order valence-corrected chi connectivity index (χ0v) is 15.1. The molecule has 0 aliphatic rings. The third-order valence-electron chi connectivity index (χ3n) is 3.94. The number of rotatable bonds is 6. The Labute approximate surface area is 161 Å². The van der Waals surface area contributed by atoms with Crippen molar-refractivity contribution in [2.75, 3.05) is 12.4 Å². The summed E-state index contributed by atoms with van der Waals surface area (Å²) in [6.07, 6.45) is 0.